The molecule has 4 bridgehead atoms. The van der Waals surface area contributed by atoms with Crippen LogP contribution in [-0.2, 0) is 5.41 Å². The van der Waals surface area contributed by atoms with E-state index in [2.05, 4.69) is 169 Å². The number of fused-ring (bicyclic) bond motifs is 6. The maximum absolute atomic E-state index is 2.55. The van der Waals surface area contributed by atoms with E-state index in [4.69, 9.17) is 0 Å². The first-order chi connectivity index (χ1) is 26.7. The predicted molar refractivity (Wildman–Crippen MR) is 228 cm³/mol. The quantitative estimate of drug-likeness (QED) is 0.172. The molecule has 1 heterocycles. The van der Waals surface area contributed by atoms with Crippen LogP contribution in [0.2, 0.25) is 0 Å². The molecule has 0 radical (unpaired) electrons. The largest absolute Gasteiger partial charge is 0.310 e. The van der Waals surface area contributed by atoms with Gasteiger partial charge < -0.3 is 4.90 Å². The van der Waals surface area contributed by atoms with Gasteiger partial charge in [0.15, 0.2) is 0 Å². The molecule has 260 valence electrons. The second-order valence-corrected chi connectivity index (χ2v) is 17.6. The molecule has 1 nitrogen and oxygen atoms in total. The zero-order valence-corrected chi connectivity index (χ0v) is 31.1. The number of hydrogen-bond acceptors (Lipinski definition) is 2. The summed E-state index contributed by atoms with van der Waals surface area (Å²) >= 11 is 1.88. The first kappa shape index (κ1) is 31.0. The molecule has 2 heteroatoms. The standard InChI is InChI=1S/C52H41NS/c1-2-9-35(10-3-1)36-17-22-41(23-18-36)53(48-14-8-16-50-51(48)44-12-5-7-15-49(44)54-50)42-24-19-37(20-25-42)38-21-26-47-45(32-38)43-11-4-6-13-46(43)52(47)39-28-33-27-34(30-39)31-40(52)29-33/h1-26,32-34,39-40H,27-31H2. The third-order valence-corrected chi connectivity index (χ3v) is 15.0. The van der Waals surface area contributed by atoms with Crippen LogP contribution in [0.15, 0.2) is 164 Å². The maximum atomic E-state index is 2.55. The highest BCUT2D eigenvalue weighted by Gasteiger charge is 2.61. The van der Waals surface area contributed by atoms with Gasteiger partial charge in [0, 0.05) is 37.0 Å². The van der Waals surface area contributed by atoms with Crippen molar-refractivity contribution in [3.05, 3.63) is 175 Å². The summed E-state index contributed by atoms with van der Waals surface area (Å²) < 4.78 is 2.63. The van der Waals surface area contributed by atoms with Crippen LogP contribution in [-0.4, -0.2) is 0 Å². The summed E-state index contributed by atoms with van der Waals surface area (Å²) in [6.45, 7) is 0. The van der Waals surface area contributed by atoms with Gasteiger partial charge in [0.25, 0.3) is 0 Å². The van der Waals surface area contributed by atoms with Gasteiger partial charge in [-0.3, -0.25) is 0 Å². The lowest BCUT2D eigenvalue weighted by atomic mass is 9.43. The van der Waals surface area contributed by atoms with Gasteiger partial charge in [-0.15, -0.1) is 11.3 Å². The van der Waals surface area contributed by atoms with Crippen LogP contribution in [0.1, 0.15) is 43.2 Å². The van der Waals surface area contributed by atoms with E-state index in [1.165, 1.54) is 91.3 Å². The van der Waals surface area contributed by atoms with Gasteiger partial charge in [0.1, 0.15) is 0 Å². The van der Waals surface area contributed by atoms with Crippen LogP contribution in [0, 0.1) is 23.7 Å². The lowest BCUT2D eigenvalue weighted by Crippen LogP contribution is -2.55. The Bertz CT molecular complexity index is 2690. The van der Waals surface area contributed by atoms with Gasteiger partial charge in [-0.1, -0.05) is 115 Å². The van der Waals surface area contributed by atoms with Crippen LogP contribution < -0.4 is 4.90 Å². The van der Waals surface area contributed by atoms with Gasteiger partial charge in [-0.25, -0.2) is 0 Å². The summed E-state index contributed by atoms with van der Waals surface area (Å²) in [5.74, 6) is 3.50. The van der Waals surface area contributed by atoms with Crippen molar-refractivity contribution in [2.75, 3.05) is 4.90 Å². The Kier molecular flexibility index (Phi) is 6.75. The molecule has 0 unspecified atom stereocenters. The summed E-state index contributed by atoms with van der Waals surface area (Å²) in [4.78, 5) is 2.45. The molecule has 0 amide bonds. The van der Waals surface area contributed by atoms with Gasteiger partial charge in [0.05, 0.1) is 5.69 Å². The van der Waals surface area contributed by atoms with Crippen molar-refractivity contribution in [1.82, 2.24) is 0 Å². The zero-order chi connectivity index (χ0) is 35.4. The SMILES string of the molecule is c1ccc(-c2ccc(N(c3ccc(-c4ccc5c(c4)-c4ccccc4C54C5CC6CC(C5)CC4C6)cc3)c3cccc4sc5ccccc5c34)cc2)cc1. The topological polar surface area (TPSA) is 3.24 Å². The van der Waals surface area contributed by atoms with Gasteiger partial charge in [-0.05, 0) is 149 Å². The summed E-state index contributed by atoms with van der Waals surface area (Å²) in [5, 5.41) is 2.62. The van der Waals surface area contributed by atoms with E-state index in [1.807, 2.05) is 11.3 Å². The normalized spacial score (nSPS) is 23.3. The summed E-state index contributed by atoms with van der Waals surface area (Å²) in [7, 11) is 0. The molecule has 0 aliphatic heterocycles. The van der Waals surface area contributed by atoms with Crippen LogP contribution in [0.5, 0.6) is 0 Å². The molecular weight excluding hydrogens is 671 g/mol. The molecule has 0 saturated heterocycles. The molecule has 5 aliphatic carbocycles. The number of rotatable bonds is 5. The molecule has 8 aromatic rings. The average molecular weight is 712 g/mol. The van der Waals surface area contributed by atoms with Crippen molar-refractivity contribution >= 4 is 48.6 Å². The van der Waals surface area contributed by atoms with E-state index < -0.39 is 0 Å². The smallest absolute Gasteiger partial charge is 0.0554 e. The number of thiophene rings is 1. The first-order valence-electron chi connectivity index (χ1n) is 19.9. The molecule has 1 aromatic heterocycles. The second-order valence-electron chi connectivity index (χ2n) is 16.5. The third kappa shape index (κ3) is 4.44. The Balaban J connectivity index is 0.965. The average Bonchev–Trinajstić information content (AvgIpc) is 3.75. The van der Waals surface area contributed by atoms with E-state index in [0.29, 0.717) is 0 Å². The van der Waals surface area contributed by atoms with Crippen molar-refractivity contribution in [2.24, 2.45) is 23.7 Å². The van der Waals surface area contributed by atoms with E-state index in [0.717, 1.165) is 35.0 Å². The van der Waals surface area contributed by atoms with Crippen LogP contribution in [0.4, 0.5) is 17.1 Å². The molecule has 5 aliphatic rings. The Labute approximate surface area is 321 Å². The Morgan fingerprint density at radius 3 is 1.76 bits per heavy atom. The fourth-order valence-corrected chi connectivity index (χ4v) is 13.1. The third-order valence-electron chi connectivity index (χ3n) is 13.9. The molecule has 4 fully saturated rings. The number of benzene rings is 7. The van der Waals surface area contributed by atoms with Gasteiger partial charge in [0.2, 0.25) is 0 Å². The Morgan fingerprint density at radius 2 is 1.02 bits per heavy atom. The van der Waals surface area contributed by atoms with Crippen molar-refractivity contribution < 1.29 is 0 Å². The minimum atomic E-state index is 0.213. The summed E-state index contributed by atoms with van der Waals surface area (Å²) in [5.41, 5.74) is 15.0. The molecule has 0 atom stereocenters. The molecule has 7 aromatic carbocycles. The van der Waals surface area contributed by atoms with E-state index in [-0.39, 0.29) is 5.41 Å². The van der Waals surface area contributed by atoms with Gasteiger partial charge in [-0.2, -0.15) is 0 Å². The van der Waals surface area contributed by atoms with E-state index in [9.17, 15) is 0 Å². The Morgan fingerprint density at radius 1 is 0.444 bits per heavy atom. The Hall–Kier alpha value is -5.44. The molecule has 0 N–H and O–H groups in total. The first-order valence-corrected chi connectivity index (χ1v) is 20.7. The minimum absolute atomic E-state index is 0.213. The summed E-state index contributed by atoms with van der Waals surface area (Å²) in [6.07, 6.45) is 7.17. The lowest BCUT2D eigenvalue weighted by Gasteiger charge is -2.61. The highest BCUT2D eigenvalue weighted by molar-refractivity contribution is 7.26. The second kappa shape index (κ2) is 11.8. The van der Waals surface area contributed by atoms with Crippen molar-refractivity contribution in [3.8, 4) is 33.4 Å². The van der Waals surface area contributed by atoms with Crippen molar-refractivity contribution in [1.29, 1.82) is 0 Å². The molecular formula is C52H41NS. The highest BCUT2D eigenvalue weighted by Crippen LogP contribution is 2.69. The monoisotopic (exact) mass is 711 g/mol. The zero-order valence-electron chi connectivity index (χ0n) is 30.3. The van der Waals surface area contributed by atoms with Gasteiger partial charge >= 0.3 is 0 Å². The minimum Gasteiger partial charge on any atom is -0.310 e. The molecule has 1 spiro atoms. The van der Waals surface area contributed by atoms with Crippen molar-refractivity contribution in [2.45, 2.75) is 37.5 Å². The molecule has 54 heavy (non-hydrogen) atoms. The maximum Gasteiger partial charge on any atom is 0.0554 e. The van der Waals surface area contributed by atoms with Crippen LogP contribution in [0.25, 0.3) is 53.6 Å². The fourth-order valence-electron chi connectivity index (χ4n) is 11.9. The number of nitrogens with zero attached hydrogens (tertiary/aromatic N) is 1. The lowest BCUT2D eigenvalue weighted by molar-refractivity contribution is -0.0399. The van der Waals surface area contributed by atoms with E-state index >= 15 is 0 Å². The number of anilines is 3. The van der Waals surface area contributed by atoms with Crippen molar-refractivity contribution in [3.63, 3.8) is 0 Å². The number of hydrogen-bond donors (Lipinski definition) is 0. The summed E-state index contributed by atoms with van der Waals surface area (Å²) in [6, 6.07) is 61.7. The van der Waals surface area contributed by atoms with Crippen LogP contribution in [0.3, 0.4) is 0 Å². The molecule has 4 saturated carbocycles. The molecule has 13 rings (SSSR count). The van der Waals surface area contributed by atoms with Crippen LogP contribution >= 0.6 is 11.3 Å². The fraction of sp³-hybridized carbons (Fsp3) is 0.192. The predicted octanol–water partition coefficient (Wildman–Crippen LogP) is 14.6. The highest BCUT2D eigenvalue weighted by atomic mass is 32.1. The van der Waals surface area contributed by atoms with E-state index in [1.54, 1.807) is 11.1 Å².